The van der Waals surface area contributed by atoms with Crippen molar-refractivity contribution >= 4 is 27.2 Å². The minimum absolute atomic E-state index is 1.29. The number of hydrogen-bond acceptors (Lipinski definition) is 1. The van der Waals surface area contributed by atoms with E-state index in [0.29, 0.717) is 0 Å². The first-order chi connectivity index (χ1) is 8.66. The van der Waals surface area contributed by atoms with Crippen molar-refractivity contribution in [2.45, 2.75) is 6.92 Å². The van der Waals surface area contributed by atoms with E-state index < -0.39 is 0 Å². The van der Waals surface area contributed by atoms with Gasteiger partial charge in [-0.15, -0.1) is 0 Å². The summed E-state index contributed by atoms with van der Waals surface area (Å²) in [5, 5.41) is 5.28. The second-order valence-electron chi connectivity index (χ2n) is 5.02. The Kier molecular flexibility index (Phi) is 2.48. The summed E-state index contributed by atoms with van der Waals surface area (Å²) in [6.07, 6.45) is 0. The molecule has 0 saturated heterocycles. The lowest BCUT2D eigenvalue weighted by Gasteiger charge is -2.17. The molecule has 0 radical (unpaired) electrons. The van der Waals surface area contributed by atoms with Crippen LogP contribution in [0.25, 0.3) is 21.5 Å². The molecule has 0 spiro atoms. The van der Waals surface area contributed by atoms with Crippen LogP contribution in [-0.2, 0) is 0 Å². The van der Waals surface area contributed by atoms with Gasteiger partial charge in [0.05, 0.1) is 0 Å². The SMILES string of the molecule is Cc1c(N(C)C)ccc2cc3ccccc3cc12. The van der Waals surface area contributed by atoms with Gasteiger partial charge >= 0.3 is 0 Å². The Morgan fingerprint density at radius 1 is 0.778 bits per heavy atom. The summed E-state index contributed by atoms with van der Waals surface area (Å²) in [5.41, 5.74) is 2.64. The number of nitrogens with zero attached hydrogens (tertiary/aromatic N) is 1. The van der Waals surface area contributed by atoms with Gasteiger partial charge in [-0.05, 0) is 52.2 Å². The Balaban J connectivity index is 2.40. The fraction of sp³-hybridized carbons (Fsp3) is 0.176. The van der Waals surface area contributed by atoms with Gasteiger partial charge in [-0.3, -0.25) is 0 Å². The maximum Gasteiger partial charge on any atom is 0.0397 e. The van der Waals surface area contributed by atoms with Crippen LogP contribution in [0, 0.1) is 6.92 Å². The molecule has 0 N–H and O–H groups in total. The predicted octanol–water partition coefficient (Wildman–Crippen LogP) is 4.37. The van der Waals surface area contributed by atoms with Crippen LogP contribution >= 0.6 is 0 Å². The summed E-state index contributed by atoms with van der Waals surface area (Å²) in [7, 11) is 4.18. The number of aryl methyl sites for hydroxylation is 1. The molecule has 3 aromatic rings. The molecule has 0 bridgehead atoms. The molecule has 0 unspecified atom stereocenters. The highest BCUT2D eigenvalue weighted by atomic mass is 15.1. The number of benzene rings is 3. The number of anilines is 1. The van der Waals surface area contributed by atoms with E-state index in [1.165, 1.54) is 32.8 Å². The van der Waals surface area contributed by atoms with Crippen LogP contribution in [0.1, 0.15) is 5.56 Å². The molecule has 0 aliphatic heterocycles. The van der Waals surface area contributed by atoms with E-state index in [1.54, 1.807) is 0 Å². The minimum atomic E-state index is 1.29. The standard InChI is InChI=1S/C17H17N/c1-12-16-11-14-7-5-4-6-13(14)10-15(16)8-9-17(12)18(2)3/h4-11H,1-3H3. The van der Waals surface area contributed by atoms with Gasteiger partial charge in [-0.2, -0.15) is 0 Å². The first-order valence-corrected chi connectivity index (χ1v) is 6.26. The zero-order valence-electron chi connectivity index (χ0n) is 11.1. The van der Waals surface area contributed by atoms with Crippen molar-refractivity contribution in [1.82, 2.24) is 0 Å². The maximum absolute atomic E-state index is 2.30. The van der Waals surface area contributed by atoms with Gasteiger partial charge in [0.1, 0.15) is 0 Å². The van der Waals surface area contributed by atoms with Crippen LogP contribution in [0.2, 0.25) is 0 Å². The third-order valence-corrected chi connectivity index (χ3v) is 3.61. The van der Waals surface area contributed by atoms with Gasteiger partial charge in [-0.25, -0.2) is 0 Å². The number of fused-ring (bicyclic) bond motifs is 2. The molecule has 0 amide bonds. The molecule has 0 aliphatic rings. The fourth-order valence-corrected chi connectivity index (χ4v) is 2.64. The monoisotopic (exact) mass is 235 g/mol. The lowest BCUT2D eigenvalue weighted by atomic mass is 9.99. The summed E-state index contributed by atoms with van der Waals surface area (Å²) < 4.78 is 0. The van der Waals surface area contributed by atoms with Crippen molar-refractivity contribution in [2.24, 2.45) is 0 Å². The Morgan fingerprint density at radius 2 is 1.44 bits per heavy atom. The average molecular weight is 235 g/mol. The molecular weight excluding hydrogens is 218 g/mol. The first kappa shape index (κ1) is 11.1. The van der Waals surface area contributed by atoms with Crippen molar-refractivity contribution < 1.29 is 0 Å². The third kappa shape index (κ3) is 1.63. The van der Waals surface area contributed by atoms with E-state index >= 15 is 0 Å². The summed E-state index contributed by atoms with van der Waals surface area (Å²) in [6.45, 7) is 2.20. The largest absolute Gasteiger partial charge is 0.377 e. The fourth-order valence-electron chi connectivity index (χ4n) is 2.64. The topological polar surface area (TPSA) is 3.24 Å². The Morgan fingerprint density at radius 3 is 2.11 bits per heavy atom. The molecular formula is C17H17N. The van der Waals surface area contributed by atoms with Gasteiger partial charge in [0.2, 0.25) is 0 Å². The van der Waals surface area contributed by atoms with E-state index in [0.717, 1.165) is 0 Å². The van der Waals surface area contributed by atoms with Gasteiger partial charge in [0.15, 0.2) is 0 Å². The maximum atomic E-state index is 2.30. The molecule has 0 saturated carbocycles. The van der Waals surface area contributed by atoms with Crippen molar-refractivity contribution in [2.75, 3.05) is 19.0 Å². The van der Waals surface area contributed by atoms with Crippen molar-refractivity contribution in [3.05, 3.63) is 54.1 Å². The highest BCUT2D eigenvalue weighted by molar-refractivity contribution is 6.01. The van der Waals surface area contributed by atoms with Crippen LogP contribution in [0.3, 0.4) is 0 Å². The molecule has 0 aliphatic carbocycles. The van der Waals surface area contributed by atoms with Gasteiger partial charge < -0.3 is 4.90 Å². The van der Waals surface area contributed by atoms with Crippen LogP contribution in [-0.4, -0.2) is 14.1 Å². The molecule has 0 fully saturated rings. The minimum Gasteiger partial charge on any atom is -0.377 e. The average Bonchev–Trinajstić information content (AvgIpc) is 2.37. The summed E-state index contributed by atoms with van der Waals surface area (Å²) in [4.78, 5) is 2.17. The van der Waals surface area contributed by atoms with Crippen LogP contribution in [0.4, 0.5) is 5.69 Å². The van der Waals surface area contributed by atoms with E-state index in [4.69, 9.17) is 0 Å². The Labute approximate surface area is 108 Å². The highest BCUT2D eigenvalue weighted by Gasteiger charge is 2.06. The normalized spacial score (nSPS) is 11.1. The summed E-state index contributed by atoms with van der Waals surface area (Å²) in [5.74, 6) is 0. The zero-order chi connectivity index (χ0) is 12.7. The first-order valence-electron chi connectivity index (χ1n) is 6.26. The molecule has 0 atom stereocenters. The lowest BCUT2D eigenvalue weighted by Crippen LogP contribution is -2.10. The highest BCUT2D eigenvalue weighted by Crippen LogP contribution is 2.30. The predicted molar refractivity (Wildman–Crippen MR) is 80.5 cm³/mol. The molecule has 3 rings (SSSR count). The molecule has 90 valence electrons. The second-order valence-corrected chi connectivity index (χ2v) is 5.02. The molecule has 3 aromatic carbocycles. The quantitative estimate of drug-likeness (QED) is 0.566. The van der Waals surface area contributed by atoms with Crippen LogP contribution in [0.5, 0.6) is 0 Å². The molecule has 0 heterocycles. The molecule has 1 nitrogen and oxygen atoms in total. The summed E-state index contributed by atoms with van der Waals surface area (Å²) in [6, 6.07) is 17.5. The van der Waals surface area contributed by atoms with Gasteiger partial charge in [-0.1, -0.05) is 30.3 Å². The zero-order valence-corrected chi connectivity index (χ0v) is 11.1. The number of hydrogen-bond donors (Lipinski definition) is 0. The molecule has 18 heavy (non-hydrogen) atoms. The van der Waals surface area contributed by atoms with Crippen molar-refractivity contribution in [1.29, 1.82) is 0 Å². The lowest BCUT2D eigenvalue weighted by molar-refractivity contribution is 1.12. The van der Waals surface area contributed by atoms with E-state index in [-0.39, 0.29) is 0 Å². The molecule has 0 aromatic heterocycles. The van der Waals surface area contributed by atoms with Crippen molar-refractivity contribution in [3.8, 4) is 0 Å². The van der Waals surface area contributed by atoms with Crippen LogP contribution in [0.15, 0.2) is 48.5 Å². The van der Waals surface area contributed by atoms with E-state index in [9.17, 15) is 0 Å². The smallest absolute Gasteiger partial charge is 0.0397 e. The Bertz CT molecular complexity index is 726. The van der Waals surface area contributed by atoms with Crippen LogP contribution < -0.4 is 4.90 Å². The van der Waals surface area contributed by atoms with E-state index in [1.807, 2.05) is 0 Å². The van der Waals surface area contributed by atoms with Crippen molar-refractivity contribution in [3.63, 3.8) is 0 Å². The van der Waals surface area contributed by atoms with Gasteiger partial charge in [0.25, 0.3) is 0 Å². The summed E-state index contributed by atoms with van der Waals surface area (Å²) >= 11 is 0. The second kappa shape index (κ2) is 4.02. The molecule has 1 heteroatoms. The number of rotatable bonds is 1. The third-order valence-electron chi connectivity index (χ3n) is 3.61. The van der Waals surface area contributed by atoms with Gasteiger partial charge in [0, 0.05) is 19.8 Å². The Hall–Kier alpha value is -2.02. The van der Waals surface area contributed by atoms with E-state index in [2.05, 4.69) is 74.4 Å².